The Morgan fingerprint density at radius 2 is 1.68 bits per heavy atom. The van der Waals surface area contributed by atoms with Gasteiger partial charge in [-0.25, -0.2) is 21.2 Å². The van der Waals surface area contributed by atoms with Crippen LogP contribution in [0.3, 0.4) is 0 Å². The van der Waals surface area contributed by atoms with Crippen molar-refractivity contribution in [1.82, 2.24) is 9.21 Å². The van der Waals surface area contributed by atoms with E-state index in [1.165, 1.54) is 53.7 Å². The lowest BCUT2D eigenvalue weighted by atomic mass is 10.0. The van der Waals surface area contributed by atoms with E-state index in [4.69, 9.17) is 14.2 Å². The predicted octanol–water partition coefficient (Wildman–Crippen LogP) is 4.75. The highest BCUT2D eigenvalue weighted by atomic mass is 32.2. The molecule has 0 aromatic heterocycles. The first-order valence-corrected chi connectivity index (χ1v) is 19.3. The van der Waals surface area contributed by atoms with Gasteiger partial charge in [0.15, 0.2) is 0 Å². The third-order valence-electron chi connectivity index (χ3n) is 8.63. The highest BCUT2D eigenvalue weighted by molar-refractivity contribution is 7.92. The lowest BCUT2D eigenvalue weighted by molar-refractivity contribution is -0.00834. The van der Waals surface area contributed by atoms with Crippen LogP contribution in [0.5, 0.6) is 11.5 Å². The van der Waals surface area contributed by atoms with Gasteiger partial charge in [-0.1, -0.05) is 6.92 Å². The second-order valence-electron chi connectivity index (χ2n) is 12.5. The Morgan fingerprint density at radius 3 is 2.32 bits per heavy atom. The fraction of sp³-hybridized carbons (Fsp3) is 0.457. The molecule has 15 heteroatoms. The average Bonchev–Trinajstić information content (AvgIpc) is 3.09. The number of carbonyl (C=O) groups is 1. The number of hydrogen-bond donors (Lipinski definition) is 2. The van der Waals surface area contributed by atoms with Gasteiger partial charge in [-0.15, -0.1) is 0 Å². The average molecular weight is 736 g/mol. The number of benzene rings is 3. The number of halogens is 1. The molecule has 0 unspecified atom stereocenters. The van der Waals surface area contributed by atoms with Crippen LogP contribution in [-0.2, 0) is 24.8 Å². The number of hydrogen-bond acceptors (Lipinski definition) is 9. The van der Waals surface area contributed by atoms with E-state index in [0.29, 0.717) is 25.2 Å². The summed E-state index contributed by atoms with van der Waals surface area (Å²) in [5.74, 6) is -0.759. The molecule has 1 aliphatic heterocycles. The molecular formula is C35H46FN3O9S2. The van der Waals surface area contributed by atoms with Crippen LogP contribution in [0.1, 0.15) is 50.4 Å². The highest BCUT2D eigenvalue weighted by Gasteiger charge is 2.32. The largest absolute Gasteiger partial charge is 0.497 e. The molecule has 1 heterocycles. The first-order chi connectivity index (χ1) is 23.7. The van der Waals surface area contributed by atoms with Gasteiger partial charge in [0.25, 0.3) is 15.9 Å². The fourth-order valence-corrected chi connectivity index (χ4v) is 7.79. The summed E-state index contributed by atoms with van der Waals surface area (Å²) in [6.07, 6.45) is 1.09. The Hall–Kier alpha value is -3.76. The van der Waals surface area contributed by atoms with Crippen LogP contribution in [0.15, 0.2) is 76.5 Å². The molecule has 0 saturated carbocycles. The zero-order valence-corrected chi connectivity index (χ0v) is 30.5. The molecule has 3 aromatic rings. The monoisotopic (exact) mass is 735 g/mol. The minimum absolute atomic E-state index is 0.00349. The number of amides is 1. The zero-order valence-electron chi connectivity index (χ0n) is 28.9. The van der Waals surface area contributed by atoms with Gasteiger partial charge in [0, 0.05) is 38.3 Å². The van der Waals surface area contributed by atoms with Crippen molar-refractivity contribution in [2.45, 2.75) is 68.1 Å². The van der Waals surface area contributed by atoms with E-state index >= 15 is 0 Å². The van der Waals surface area contributed by atoms with Crippen molar-refractivity contribution in [3.8, 4) is 11.5 Å². The van der Waals surface area contributed by atoms with E-state index in [1.807, 2.05) is 13.8 Å². The number of anilines is 1. The Labute approximate surface area is 294 Å². The van der Waals surface area contributed by atoms with Gasteiger partial charge in [0.05, 0.1) is 47.3 Å². The third kappa shape index (κ3) is 9.72. The van der Waals surface area contributed by atoms with Crippen LogP contribution in [0.2, 0.25) is 0 Å². The quantitative estimate of drug-likeness (QED) is 0.301. The molecule has 1 amide bonds. The van der Waals surface area contributed by atoms with E-state index < -0.39 is 49.8 Å². The summed E-state index contributed by atoms with van der Waals surface area (Å²) in [5, 5.41) is 10.2. The van der Waals surface area contributed by atoms with E-state index in [9.17, 15) is 31.1 Å². The highest BCUT2D eigenvalue weighted by Crippen LogP contribution is 2.30. The van der Waals surface area contributed by atoms with Gasteiger partial charge in [-0.3, -0.25) is 9.52 Å². The summed E-state index contributed by atoms with van der Waals surface area (Å²) < 4.78 is 88.0. The van der Waals surface area contributed by atoms with E-state index in [1.54, 1.807) is 19.1 Å². The molecule has 3 aromatic carbocycles. The van der Waals surface area contributed by atoms with Crippen LogP contribution in [-0.4, -0.2) is 95.8 Å². The van der Waals surface area contributed by atoms with Crippen molar-refractivity contribution >= 4 is 31.6 Å². The van der Waals surface area contributed by atoms with Gasteiger partial charge in [-0.05, 0) is 99.8 Å². The number of nitrogens with one attached hydrogen (secondary N) is 1. The molecule has 12 nitrogen and oxygen atoms in total. The number of aliphatic hydroxyl groups is 1. The summed E-state index contributed by atoms with van der Waals surface area (Å²) in [6.45, 7) is 5.44. The molecule has 4 rings (SSSR count). The Kier molecular flexibility index (Phi) is 13.2. The molecule has 0 saturated heterocycles. The molecule has 0 radical (unpaired) electrons. The van der Waals surface area contributed by atoms with Crippen LogP contribution >= 0.6 is 0 Å². The summed E-state index contributed by atoms with van der Waals surface area (Å²) in [7, 11) is -5.05. The number of fused-ring (bicyclic) bond motifs is 1. The summed E-state index contributed by atoms with van der Waals surface area (Å²) >= 11 is 0. The molecule has 0 bridgehead atoms. The molecule has 1 aliphatic rings. The summed E-state index contributed by atoms with van der Waals surface area (Å²) in [4.78, 5) is 15.8. The van der Waals surface area contributed by atoms with Crippen LogP contribution in [0.4, 0.5) is 10.1 Å². The van der Waals surface area contributed by atoms with Gasteiger partial charge in [0.1, 0.15) is 17.3 Å². The number of nitrogens with zero attached hydrogens (tertiary/aromatic N) is 2. The van der Waals surface area contributed by atoms with Crippen molar-refractivity contribution in [2.24, 2.45) is 5.92 Å². The number of sulfonamides is 2. The molecule has 274 valence electrons. The van der Waals surface area contributed by atoms with Crippen molar-refractivity contribution in [2.75, 3.05) is 45.2 Å². The second-order valence-corrected chi connectivity index (χ2v) is 16.3. The van der Waals surface area contributed by atoms with Gasteiger partial charge >= 0.3 is 0 Å². The van der Waals surface area contributed by atoms with Crippen molar-refractivity contribution in [3.05, 3.63) is 78.1 Å². The van der Waals surface area contributed by atoms with Crippen LogP contribution < -0.4 is 14.2 Å². The smallest absolute Gasteiger partial charge is 0.261 e. The standard InChI is InChI=1S/C35H46FN3O9S2/c1-24-21-39(25(2)23-40)35(41)32-20-28(37-49(42,43)30-14-9-27(36)10-15-30)11-18-33(32)48-26(3)8-6-7-19-47-34(24)22-38(4)50(44,45)31-16-12-29(46-5)13-17-31/h9-18,20,24-26,34,37,40H,6-8,19,21-23H2,1-5H3/t24-,25+,26-,34-/m0/s1. The summed E-state index contributed by atoms with van der Waals surface area (Å²) in [5.41, 5.74) is 0.146. The maximum atomic E-state index is 14.4. The van der Waals surface area contributed by atoms with Crippen molar-refractivity contribution in [1.29, 1.82) is 0 Å². The summed E-state index contributed by atoms with van der Waals surface area (Å²) in [6, 6.07) is 14.1. The van der Waals surface area contributed by atoms with E-state index in [2.05, 4.69) is 4.72 Å². The number of aliphatic hydroxyl groups excluding tert-OH is 1. The first-order valence-electron chi connectivity index (χ1n) is 16.4. The number of methoxy groups -OCH3 is 1. The third-order valence-corrected chi connectivity index (χ3v) is 11.9. The van der Waals surface area contributed by atoms with Gasteiger partial charge in [0.2, 0.25) is 10.0 Å². The fourth-order valence-electron chi connectivity index (χ4n) is 5.56. The minimum Gasteiger partial charge on any atom is -0.497 e. The van der Waals surface area contributed by atoms with Crippen molar-refractivity contribution in [3.63, 3.8) is 0 Å². The molecular weight excluding hydrogens is 690 g/mol. The Balaban J connectivity index is 1.66. The molecule has 4 atom stereocenters. The molecule has 2 N–H and O–H groups in total. The zero-order chi connectivity index (χ0) is 36.6. The van der Waals surface area contributed by atoms with Gasteiger partial charge < -0.3 is 24.2 Å². The lowest BCUT2D eigenvalue weighted by Gasteiger charge is -2.35. The number of carbonyl (C=O) groups excluding carboxylic acids is 1. The topological polar surface area (TPSA) is 152 Å². The van der Waals surface area contributed by atoms with Gasteiger partial charge in [-0.2, -0.15) is 4.31 Å². The SMILES string of the molecule is COc1ccc(S(=O)(=O)N(C)C[C@@H]2OCCCC[C@H](C)Oc3ccc(NS(=O)(=O)c4ccc(F)cc4)cc3C(=O)N([C@H](C)CO)C[C@@H]2C)cc1. The Bertz CT molecular complexity index is 1810. The normalized spacial score (nSPS) is 20.4. The maximum Gasteiger partial charge on any atom is 0.261 e. The van der Waals surface area contributed by atoms with Crippen LogP contribution in [0.25, 0.3) is 0 Å². The van der Waals surface area contributed by atoms with Crippen LogP contribution in [0, 0.1) is 11.7 Å². The maximum absolute atomic E-state index is 14.4. The van der Waals surface area contributed by atoms with E-state index in [-0.39, 0.29) is 52.6 Å². The van der Waals surface area contributed by atoms with E-state index in [0.717, 1.165) is 30.7 Å². The number of ether oxygens (including phenoxy) is 3. The second kappa shape index (κ2) is 17.0. The minimum atomic E-state index is -4.13. The molecule has 0 fully saturated rings. The number of rotatable bonds is 10. The molecule has 0 spiro atoms. The number of likely N-dealkylation sites (N-methyl/N-ethyl adjacent to an activating group) is 1. The predicted molar refractivity (Wildman–Crippen MR) is 187 cm³/mol. The lowest BCUT2D eigenvalue weighted by Crippen LogP contribution is -2.48. The first kappa shape index (κ1) is 39.0. The molecule has 50 heavy (non-hydrogen) atoms. The molecule has 0 aliphatic carbocycles. The Morgan fingerprint density at radius 1 is 1.02 bits per heavy atom. The van der Waals surface area contributed by atoms with Crippen molar-refractivity contribution < 1.29 is 45.3 Å².